The Morgan fingerprint density at radius 3 is 2.34 bits per heavy atom. The van der Waals surface area contributed by atoms with E-state index in [1.165, 1.54) is 12.1 Å². The molecule has 0 heterocycles. The van der Waals surface area contributed by atoms with Crippen LogP contribution in [-0.2, 0) is 13.9 Å². The van der Waals surface area contributed by atoms with Gasteiger partial charge >= 0.3 is 29.6 Å². The fraction of sp³-hybridized carbons (Fsp3) is 0.400. The number of aliphatic hydroxyl groups is 1. The maximum Gasteiger partial charge on any atom is 1.00 e. The first-order valence-corrected chi connectivity index (χ1v) is 10.2. The third-order valence-corrected chi connectivity index (χ3v) is 4.62. The van der Waals surface area contributed by atoms with Gasteiger partial charge in [-0.25, -0.2) is 18.9 Å². The summed E-state index contributed by atoms with van der Waals surface area (Å²) in [5, 5.41) is 12.1. The molecule has 3 atom stereocenters. The van der Waals surface area contributed by atoms with E-state index in [9.17, 15) is 28.4 Å². The maximum atomic E-state index is 13.2. The minimum Gasteiger partial charge on any atom is -0.784 e. The monoisotopic (exact) mass is 480 g/mol. The predicted molar refractivity (Wildman–Crippen MR) is 108 cm³/mol. The van der Waals surface area contributed by atoms with Crippen molar-refractivity contribution in [2.45, 2.75) is 37.8 Å². The van der Waals surface area contributed by atoms with Crippen LogP contribution in [0.4, 0.5) is 8.78 Å². The van der Waals surface area contributed by atoms with E-state index in [0.29, 0.717) is 18.4 Å². The molecule has 8 nitrogen and oxygen atoms in total. The molecule has 2 amide bonds. The summed E-state index contributed by atoms with van der Waals surface area (Å²) in [5.74, 6) is 4.21. The minimum absolute atomic E-state index is 0. The topological polar surface area (TPSA) is 120 Å². The average Bonchev–Trinajstić information content (AvgIpc) is 3.60. The van der Waals surface area contributed by atoms with Crippen LogP contribution in [0.1, 0.15) is 35.7 Å². The van der Waals surface area contributed by atoms with E-state index in [4.69, 9.17) is 0 Å². The molecule has 3 N–H and O–H groups in total. The van der Waals surface area contributed by atoms with Gasteiger partial charge in [-0.05, 0) is 44.0 Å². The summed E-state index contributed by atoms with van der Waals surface area (Å²) in [5.41, 5.74) is -0.570. The molecule has 1 fully saturated rings. The van der Waals surface area contributed by atoms with Crippen molar-refractivity contribution in [1.82, 2.24) is 10.8 Å². The molecule has 1 aromatic rings. The molecule has 0 saturated heterocycles. The van der Waals surface area contributed by atoms with Gasteiger partial charge in [0.25, 0.3) is 18.2 Å². The van der Waals surface area contributed by atoms with E-state index in [1.54, 1.807) is 17.6 Å². The van der Waals surface area contributed by atoms with Crippen molar-refractivity contribution in [2.24, 2.45) is 5.92 Å². The van der Waals surface area contributed by atoms with E-state index in [0.717, 1.165) is 20.0 Å². The maximum absolute atomic E-state index is 13.2. The fourth-order valence-electron chi connectivity index (χ4n) is 2.11. The molecule has 32 heavy (non-hydrogen) atoms. The second-order valence-corrected chi connectivity index (χ2v) is 7.51. The number of halogens is 2. The Morgan fingerprint density at radius 2 is 1.88 bits per heavy atom. The molecule has 0 aliphatic heterocycles. The average molecular weight is 480 g/mol. The minimum atomic E-state index is -3.38. The molecular formula is C20H24F2N2NaO6P. The zero-order valence-electron chi connectivity index (χ0n) is 18.1. The summed E-state index contributed by atoms with van der Waals surface area (Å²) in [7, 11) is -1.71. The molecule has 2 rings (SSSR count). The second kappa shape index (κ2) is 14.7. The Labute approximate surface area is 209 Å². The summed E-state index contributed by atoms with van der Waals surface area (Å²) < 4.78 is 35.1. The van der Waals surface area contributed by atoms with Crippen molar-refractivity contribution in [2.75, 3.05) is 7.11 Å². The van der Waals surface area contributed by atoms with E-state index >= 15 is 0 Å². The Kier molecular flexibility index (Phi) is 14.0. The van der Waals surface area contributed by atoms with Crippen LogP contribution < -0.4 is 45.2 Å². The first-order valence-electron chi connectivity index (χ1n) is 9.06. The number of carbonyl (C=O) groups is 2. The van der Waals surface area contributed by atoms with E-state index in [-0.39, 0.29) is 35.1 Å². The summed E-state index contributed by atoms with van der Waals surface area (Å²) in [4.78, 5) is 35.6. The molecule has 12 heteroatoms. The van der Waals surface area contributed by atoms with Gasteiger partial charge in [-0.2, -0.15) is 0 Å². The number of rotatable bonds is 8. The summed E-state index contributed by atoms with van der Waals surface area (Å²) in [6, 6.07) is 3.88. The molecule has 1 aliphatic rings. The summed E-state index contributed by atoms with van der Waals surface area (Å²) >= 11 is 0. The van der Waals surface area contributed by atoms with Gasteiger partial charge in [0.05, 0.1) is 0 Å². The quantitative estimate of drug-likeness (QED) is 0.139. The van der Waals surface area contributed by atoms with Gasteiger partial charge < -0.3 is 19.8 Å². The largest absolute Gasteiger partial charge is 1.00 e. The summed E-state index contributed by atoms with van der Waals surface area (Å²) in [6.45, 7) is 6.68. The van der Waals surface area contributed by atoms with E-state index < -0.39 is 38.5 Å². The number of hydrogen-bond acceptors (Lipinski definition) is 6. The number of benzene rings is 1. The predicted octanol–water partition coefficient (Wildman–Crippen LogP) is -1.35. The van der Waals surface area contributed by atoms with E-state index in [1.807, 2.05) is 5.32 Å². The van der Waals surface area contributed by atoms with Crippen LogP contribution in [0, 0.1) is 17.8 Å². The first kappa shape index (κ1) is 30.6. The molecule has 3 unspecified atom stereocenters. The standard InChI is InChI=1S/C18H20F2N2O6P.C2H4.Na/c1-18(25,17(19)20)14(16(24)22-28-29(26)27-2)21-15(23)13-9-7-12(8-10-13)6-5-11-3-4-11;1-2;/h7-11,14,17,25H,3-4H2,1-2H3,(H,21,23)(H,22,24);1-2H2;/q-1;;+1. The van der Waals surface area contributed by atoms with Crippen LogP contribution in [-0.4, -0.2) is 42.1 Å². The number of amides is 2. The van der Waals surface area contributed by atoms with Crippen molar-refractivity contribution >= 4 is 20.4 Å². The van der Waals surface area contributed by atoms with Gasteiger partial charge in [0.15, 0.2) is 5.60 Å². The molecule has 0 bridgehead atoms. The molecule has 170 valence electrons. The smallest absolute Gasteiger partial charge is 0.784 e. The third kappa shape index (κ3) is 9.61. The Bertz CT molecular complexity index is 813. The van der Waals surface area contributed by atoms with Crippen LogP contribution in [0.5, 0.6) is 0 Å². The molecule has 1 aliphatic carbocycles. The van der Waals surface area contributed by atoms with Gasteiger partial charge in [0.2, 0.25) is 0 Å². The Balaban J connectivity index is 0.00000311. The molecule has 1 aromatic carbocycles. The van der Waals surface area contributed by atoms with Gasteiger partial charge in [0.1, 0.15) is 14.6 Å². The van der Waals surface area contributed by atoms with Crippen molar-refractivity contribution < 1.29 is 67.1 Å². The molecule has 0 radical (unpaired) electrons. The molecule has 1 saturated carbocycles. The van der Waals surface area contributed by atoms with Gasteiger partial charge in [-0.15, -0.1) is 13.2 Å². The fourth-order valence-corrected chi connectivity index (χ4v) is 2.35. The van der Waals surface area contributed by atoms with Crippen molar-refractivity contribution in [3.63, 3.8) is 0 Å². The van der Waals surface area contributed by atoms with E-state index in [2.05, 4.69) is 34.1 Å². The zero-order valence-corrected chi connectivity index (χ0v) is 21.0. The number of hydrogen-bond donors (Lipinski definition) is 3. The molecule has 0 aromatic heterocycles. The van der Waals surface area contributed by atoms with Crippen LogP contribution in [0.3, 0.4) is 0 Å². The zero-order chi connectivity index (χ0) is 23.6. The normalized spacial score (nSPS) is 16.0. The van der Waals surface area contributed by atoms with Crippen LogP contribution in [0.15, 0.2) is 37.4 Å². The number of alkyl halides is 2. The van der Waals surface area contributed by atoms with Crippen LogP contribution >= 0.6 is 8.60 Å². The van der Waals surface area contributed by atoms with Gasteiger partial charge in [-0.3, -0.25) is 9.59 Å². The van der Waals surface area contributed by atoms with Crippen molar-refractivity contribution in [3.05, 3.63) is 48.6 Å². The van der Waals surface area contributed by atoms with Gasteiger partial charge in [-0.1, -0.05) is 11.8 Å². The number of hydroxylamine groups is 1. The first-order chi connectivity index (χ1) is 14.6. The SMILES string of the molecule is C=C.COP([O-])ONC(=O)C(NC(=O)c1ccc(C#CC2CC2)cc1)C(C)(O)C(F)F.[Na+]. The molecular weight excluding hydrogens is 456 g/mol. The second-order valence-electron chi connectivity index (χ2n) is 6.52. The Hall–Kier alpha value is -1.41. The van der Waals surface area contributed by atoms with Gasteiger partial charge in [0, 0.05) is 24.2 Å². The van der Waals surface area contributed by atoms with Crippen LogP contribution in [0.25, 0.3) is 0 Å². The number of carbonyl (C=O) groups excluding carboxylic acids is 2. The third-order valence-electron chi connectivity index (χ3n) is 4.08. The molecule has 0 spiro atoms. The Morgan fingerprint density at radius 1 is 1.31 bits per heavy atom. The summed E-state index contributed by atoms with van der Waals surface area (Å²) in [6.07, 6.45) is -1.23. The van der Waals surface area contributed by atoms with Crippen molar-refractivity contribution in [1.29, 1.82) is 0 Å². The van der Waals surface area contributed by atoms with Crippen LogP contribution in [0.2, 0.25) is 0 Å². The number of nitrogens with one attached hydrogen (secondary N) is 2. The van der Waals surface area contributed by atoms with Crippen molar-refractivity contribution in [3.8, 4) is 11.8 Å².